The molecule has 4 nitrogen and oxygen atoms in total. The maximum atomic E-state index is 11.7. The molecule has 4 heteroatoms. The lowest BCUT2D eigenvalue weighted by Crippen LogP contribution is -2.46. The van der Waals surface area contributed by atoms with Gasteiger partial charge in [0.25, 0.3) is 0 Å². The molecule has 0 heterocycles. The molecule has 0 fully saturated rings. The Labute approximate surface area is 105 Å². The lowest BCUT2D eigenvalue weighted by atomic mass is 10.1. The Balaban J connectivity index is 3.80. The predicted molar refractivity (Wildman–Crippen MR) is 70.8 cm³/mol. The number of carbonyl (C=O) groups excluding carboxylic acids is 1. The zero-order valence-corrected chi connectivity index (χ0v) is 11.8. The Kier molecular flexibility index (Phi) is 8.17. The molecular formula is C13H28N2O2. The van der Waals surface area contributed by atoms with Crippen molar-refractivity contribution in [2.24, 2.45) is 5.92 Å². The van der Waals surface area contributed by atoms with E-state index in [4.69, 9.17) is 0 Å². The highest BCUT2D eigenvalue weighted by atomic mass is 16.3. The lowest BCUT2D eigenvalue weighted by molar-refractivity contribution is -0.123. The number of rotatable bonds is 8. The van der Waals surface area contributed by atoms with Crippen LogP contribution in [0.15, 0.2) is 0 Å². The zero-order valence-electron chi connectivity index (χ0n) is 11.8. The van der Waals surface area contributed by atoms with E-state index in [1.807, 2.05) is 13.8 Å². The van der Waals surface area contributed by atoms with Gasteiger partial charge >= 0.3 is 0 Å². The third-order valence-electron chi connectivity index (χ3n) is 2.64. The van der Waals surface area contributed by atoms with Crippen molar-refractivity contribution in [1.29, 1.82) is 0 Å². The number of aliphatic hydroxyl groups excluding tert-OH is 1. The first kappa shape index (κ1) is 16.4. The SMILES string of the molecule is CC(C)CCNC(=O)C(C)NC(C)CC(C)O. The number of nitrogens with one attached hydrogen (secondary N) is 2. The first-order chi connectivity index (χ1) is 7.82. The summed E-state index contributed by atoms with van der Waals surface area (Å²) in [5.41, 5.74) is 0. The van der Waals surface area contributed by atoms with Gasteiger partial charge in [0.15, 0.2) is 0 Å². The molecule has 0 spiro atoms. The average Bonchev–Trinajstić information content (AvgIpc) is 2.15. The minimum Gasteiger partial charge on any atom is -0.393 e. The molecule has 0 aliphatic rings. The first-order valence-electron chi connectivity index (χ1n) is 6.54. The smallest absolute Gasteiger partial charge is 0.236 e. The second kappa shape index (κ2) is 8.48. The van der Waals surface area contributed by atoms with Gasteiger partial charge in [0, 0.05) is 12.6 Å². The number of aliphatic hydroxyl groups is 1. The monoisotopic (exact) mass is 244 g/mol. The van der Waals surface area contributed by atoms with Crippen LogP contribution in [0.25, 0.3) is 0 Å². The summed E-state index contributed by atoms with van der Waals surface area (Å²) in [5, 5.41) is 15.3. The minimum absolute atomic E-state index is 0.0306. The lowest BCUT2D eigenvalue weighted by Gasteiger charge is -2.20. The third kappa shape index (κ3) is 9.12. The molecule has 3 atom stereocenters. The van der Waals surface area contributed by atoms with E-state index in [0.717, 1.165) is 13.0 Å². The molecule has 3 unspecified atom stereocenters. The third-order valence-corrected chi connectivity index (χ3v) is 2.64. The molecular weight excluding hydrogens is 216 g/mol. The summed E-state index contributed by atoms with van der Waals surface area (Å²) in [6, 6.07) is -0.0724. The van der Waals surface area contributed by atoms with E-state index < -0.39 is 0 Å². The number of hydrogen-bond donors (Lipinski definition) is 3. The van der Waals surface area contributed by atoms with Gasteiger partial charge in [-0.1, -0.05) is 13.8 Å². The summed E-state index contributed by atoms with van der Waals surface area (Å²) in [6.45, 7) is 10.6. The molecule has 0 radical (unpaired) electrons. The van der Waals surface area contributed by atoms with Gasteiger partial charge in [-0.05, 0) is 39.5 Å². The van der Waals surface area contributed by atoms with Crippen molar-refractivity contribution in [3.8, 4) is 0 Å². The van der Waals surface area contributed by atoms with Gasteiger partial charge in [-0.15, -0.1) is 0 Å². The van der Waals surface area contributed by atoms with Crippen LogP contribution in [-0.2, 0) is 4.79 Å². The van der Waals surface area contributed by atoms with E-state index >= 15 is 0 Å². The van der Waals surface area contributed by atoms with Crippen molar-refractivity contribution in [1.82, 2.24) is 10.6 Å². The normalized spacial score (nSPS) is 16.6. The molecule has 0 aromatic carbocycles. The van der Waals surface area contributed by atoms with E-state index in [9.17, 15) is 9.90 Å². The summed E-state index contributed by atoms with van der Waals surface area (Å²) in [7, 11) is 0. The van der Waals surface area contributed by atoms with Crippen molar-refractivity contribution in [3.05, 3.63) is 0 Å². The molecule has 0 aromatic heterocycles. The summed E-state index contributed by atoms with van der Waals surface area (Å²) < 4.78 is 0. The van der Waals surface area contributed by atoms with Crippen LogP contribution in [0, 0.1) is 5.92 Å². The second-order valence-electron chi connectivity index (χ2n) is 5.35. The van der Waals surface area contributed by atoms with Crippen LogP contribution < -0.4 is 10.6 Å². The van der Waals surface area contributed by atoms with Gasteiger partial charge < -0.3 is 15.7 Å². The highest BCUT2D eigenvalue weighted by Crippen LogP contribution is 1.99. The molecule has 3 N–H and O–H groups in total. The molecule has 17 heavy (non-hydrogen) atoms. The standard InChI is InChI=1S/C13H28N2O2/c1-9(2)6-7-14-13(17)12(5)15-10(3)8-11(4)16/h9-12,15-16H,6-8H2,1-5H3,(H,14,17). The van der Waals surface area contributed by atoms with E-state index in [1.54, 1.807) is 6.92 Å². The Hall–Kier alpha value is -0.610. The van der Waals surface area contributed by atoms with Crippen LogP contribution in [0.3, 0.4) is 0 Å². The molecule has 0 saturated carbocycles. The van der Waals surface area contributed by atoms with Crippen molar-refractivity contribution in [3.63, 3.8) is 0 Å². The van der Waals surface area contributed by atoms with E-state index in [1.165, 1.54) is 0 Å². The van der Waals surface area contributed by atoms with Crippen LogP contribution in [0.5, 0.6) is 0 Å². The molecule has 0 rings (SSSR count). The molecule has 0 saturated heterocycles. The van der Waals surface area contributed by atoms with Crippen molar-refractivity contribution in [2.75, 3.05) is 6.54 Å². The Morgan fingerprint density at radius 1 is 1.18 bits per heavy atom. The fraction of sp³-hybridized carbons (Fsp3) is 0.923. The molecule has 0 aromatic rings. The number of carbonyl (C=O) groups is 1. The number of amides is 1. The maximum absolute atomic E-state index is 11.7. The van der Waals surface area contributed by atoms with Crippen molar-refractivity contribution >= 4 is 5.91 Å². The van der Waals surface area contributed by atoms with Crippen LogP contribution in [-0.4, -0.2) is 35.7 Å². The van der Waals surface area contributed by atoms with E-state index in [-0.39, 0.29) is 24.1 Å². The quantitative estimate of drug-likeness (QED) is 0.603. The molecule has 1 amide bonds. The van der Waals surface area contributed by atoms with Crippen LogP contribution in [0.4, 0.5) is 0 Å². The summed E-state index contributed by atoms with van der Waals surface area (Å²) >= 11 is 0. The summed E-state index contributed by atoms with van der Waals surface area (Å²) in [4.78, 5) is 11.7. The van der Waals surface area contributed by atoms with Gasteiger partial charge in [0.1, 0.15) is 0 Å². The minimum atomic E-state index is -0.339. The molecule has 102 valence electrons. The van der Waals surface area contributed by atoms with Crippen molar-refractivity contribution < 1.29 is 9.90 Å². The maximum Gasteiger partial charge on any atom is 0.236 e. The second-order valence-corrected chi connectivity index (χ2v) is 5.35. The average molecular weight is 244 g/mol. The molecule has 0 aliphatic heterocycles. The van der Waals surface area contributed by atoms with Crippen LogP contribution in [0.1, 0.15) is 47.5 Å². The Bertz CT molecular complexity index is 217. The van der Waals surface area contributed by atoms with E-state index in [2.05, 4.69) is 24.5 Å². The fourth-order valence-corrected chi connectivity index (χ4v) is 1.72. The first-order valence-corrected chi connectivity index (χ1v) is 6.54. The molecule has 0 bridgehead atoms. The van der Waals surface area contributed by atoms with Gasteiger partial charge in [-0.3, -0.25) is 4.79 Å². The van der Waals surface area contributed by atoms with Gasteiger partial charge in [0.05, 0.1) is 12.1 Å². The predicted octanol–water partition coefficient (Wildman–Crippen LogP) is 1.29. The van der Waals surface area contributed by atoms with Gasteiger partial charge in [-0.25, -0.2) is 0 Å². The van der Waals surface area contributed by atoms with Crippen LogP contribution >= 0.6 is 0 Å². The Morgan fingerprint density at radius 3 is 2.24 bits per heavy atom. The summed E-state index contributed by atoms with van der Waals surface area (Å²) in [6.07, 6.45) is 1.32. The van der Waals surface area contributed by atoms with Gasteiger partial charge in [-0.2, -0.15) is 0 Å². The van der Waals surface area contributed by atoms with Crippen LogP contribution in [0.2, 0.25) is 0 Å². The largest absolute Gasteiger partial charge is 0.393 e. The van der Waals surface area contributed by atoms with E-state index in [0.29, 0.717) is 12.3 Å². The fourth-order valence-electron chi connectivity index (χ4n) is 1.72. The Morgan fingerprint density at radius 2 is 1.76 bits per heavy atom. The molecule has 0 aliphatic carbocycles. The zero-order chi connectivity index (χ0) is 13.4. The highest BCUT2D eigenvalue weighted by molar-refractivity contribution is 5.81. The van der Waals surface area contributed by atoms with Gasteiger partial charge in [0.2, 0.25) is 5.91 Å². The highest BCUT2D eigenvalue weighted by Gasteiger charge is 2.15. The summed E-state index contributed by atoms with van der Waals surface area (Å²) in [5.74, 6) is 0.635. The van der Waals surface area contributed by atoms with Crippen molar-refractivity contribution in [2.45, 2.75) is 65.6 Å². The number of hydrogen-bond acceptors (Lipinski definition) is 3. The topological polar surface area (TPSA) is 61.4 Å².